The summed E-state index contributed by atoms with van der Waals surface area (Å²) in [5.41, 5.74) is 1.76. The molecule has 4 rings (SSSR count). The minimum Gasteiger partial charge on any atom is -0.453 e. The van der Waals surface area contributed by atoms with Gasteiger partial charge in [0.1, 0.15) is 5.75 Å². The Balaban J connectivity index is 1.39. The predicted molar refractivity (Wildman–Crippen MR) is 116 cm³/mol. The molecule has 2 heterocycles. The van der Waals surface area contributed by atoms with Crippen LogP contribution < -0.4 is 20.3 Å². The summed E-state index contributed by atoms with van der Waals surface area (Å²) in [7, 11) is 0. The Kier molecular flexibility index (Phi) is 5.89. The van der Waals surface area contributed by atoms with Gasteiger partial charge in [0.25, 0.3) is 0 Å². The number of carbonyl (C=O) groups is 2. The number of amides is 3. The van der Waals surface area contributed by atoms with Crippen LogP contribution in [0, 0.1) is 5.82 Å². The number of rotatable bonds is 6. The van der Waals surface area contributed by atoms with Gasteiger partial charge in [0.05, 0.1) is 6.20 Å². The van der Waals surface area contributed by atoms with Gasteiger partial charge in [0, 0.05) is 36.7 Å². The molecule has 7 nitrogen and oxygen atoms in total. The van der Waals surface area contributed by atoms with E-state index < -0.39 is 5.82 Å². The summed E-state index contributed by atoms with van der Waals surface area (Å²) in [5.74, 6) is -0.433. The molecule has 156 valence electrons. The van der Waals surface area contributed by atoms with Gasteiger partial charge >= 0.3 is 6.03 Å². The molecule has 31 heavy (non-hydrogen) atoms. The van der Waals surface area contributed by atoms with Crippen LogP contribution in [0.1, 0.15) is 5.56 Å². The van der Waals surface area contributed by atoms with Crippen molar-refractivity contribution in [2.75, 3.05) is 23.3 Å². The van der Waals surface area contributed by atoms with E-state index in [0.29, 0.717) is 35.8 Å². The predicted octanol–water partition coefficient (Wildman–Crippen LogP) is 4.19. The maximum absolute atomic E-state index is 14.3. The van der Waals surface area contributed by atoms with E-state index in [1.54, 1.807) is 53.6 Å². The SMILES string of the molecule is O=C(/C=C/c1ccc(Oc2cccnc2)c(F)c1)Nc1cccc(N2CCNC2=O)c1. The Morgan fingerprint density at radius 3 is 2.84 bits per heavy atom. The van der Waals surface area contributed by atoms with Crippen LogP contribution in [0.5, 0.6) is 11.5 Å². The Bertz CT molecular complexity index is 1130. The first-order valence-electron chi connectivity index (χ1n) is 9.60. The van der Waals surface area contributed by atoms with Gasteiger partial charge in [-0.15, -0.1) is 0 Å². The van der Waals surface area contributed by atoms with Gasteiger partial charge in [-0.25, -0.2) is 9.18 Å². The molecular formula is C23H19FN4O3. The van der Waals surface area contributed by atoms with Crippen molar-refractivity contribution in [3.63, 3.8) is 0 Å². The molecule has 0 unspecified atom stereocenters. The number of hydrogen-bond donors (Lipinski definition) is 2. The molecule has 8 heteroatoms. The van der Waals surface area contributed by atoms with Crippen molar-refractivity contribution in [3.8, 4) is 11.5 Å². The van der Waals surface area contributed by atoms with Crippen LogP contribution in [-0.2, 0) is 4.79 Å². The summed E-state index contributed by atoms with van der Waals surface area (Å²) >= 11 is 0. The van der Waals surface area contributed by atoms with Gasteiger partial charge in [-0.1, -0.05) is 12.1 Å². The maximum Gasteiger partial charge on any atom is 0.321 e. The molecule has 0 spiro atoms. The summed E-state index contributed by atoms with van der Waals surface area (Å²) in [6.07, 6.45) is 5.90. The van der Waals surface area contributed by atoms with E-state index in [1.165, 1.54) is 30.5 Å². The van der Waals surface area contributed by atoms with Crippen molar-refractivity contribution in [3.05, 3.63) is 84.4 Å². The van der Waals surface area contributed by atoms with Crippen LogP contribution in [0.3, 0.4) is 0 Å². The normalized spacial score (nSPS) is 13.3. The third-order valence-corrected chi connectivity index (χ3v) is 4.53. The summed E-state index contributed by atoms with van der Waals surface area (Å²) < 4.78 is 19.8. The Labute approximate surface area is 178 Å². The van der Waals surface area contributed by atoms with Crippen molar-refractivity contribution in [2.45, 2.75) is 0 Å². The largest absolute Gasteiger partial charge is 0.453 e. The van der Waals surface area contributed by atoms with Crippen LogP contribution in [-0.4, -0.2) is 30.0 Å². The average Bonchev–Trinajstić information content (AvgIpc) is 3.21. The summed E-state index contributed by atoms with van der Waals surface area (Å²) in [4.78, 5) is 29.6. The molecule has 1 fully saturated rings. The van der Waals surface area contributed by atoms with E-state index in [2.05, 4.69) is 15.6 Å². The zero-order chi connectivity index (χ0) is 21.6. The molecule has 0 aliphatic carbocycles. The number of ether oxygens (including phenoxy) is 1. The van der Waals surface area contributed by atoms with E-state index >= 15 is 0 Å². The van der Waals surface area contributed by atoms with Crippen LogP contribution in [0.4, 0.5) is 20.6 Å². The molecule has 1 aliphatic rings. The molecule has 0 radical (unpaired) electrons. The fourth-order valence-corrected chi connectivity index (χ4v) is 3.06. The lowest BCUT2D eigenvalue weighted by Gasteiger charge is -2.15. The number of nitrogens with one attached hydrogen (secondary N) is 2. The quantitative estimate of drug-likeness (QED) is 0.588. The second-order valence-electron chi connectivity index (χ2n) is 6.74. The van der Waals surface area contributed by atoms with Crippen molar-refractivity contribution >= 4 is 29.4 Å². The number of hydrogen-bond acceptors (Lipinski definition) is 4. The fourth-order valence-electron chi connectivity index (χ4n) is 3.06. The second kappa shape index (κ2) is 9.08. The highest BCUT2D eigenvalue weighted by Gasteiger charge is 2.21. The molecule has 0 saturated carbocycles. The van der Waals surface area contributed by atoms with Crippen LogP contribution >= 0.6 is 0 Å². The number of halogens is 1. The number of benzene rings is 2. The van der Waals surface area contributed by atoms with E-state index in [1.807, 2.05) is 0 Å². The molecule has 3 aromatic rings. The minimum absolute atomic E-state index is 0.0670. The smallest absolute Gasteiger partial charge is 0.321 e. The number of anilines is 2. The highest BCUT2D eigenvalue weighted by atomic mass is 19.1. The first-order valence-corrected chi connectivity index (χ1v) is 9.60. The zero-order valence-electron chi connectivity index (χ0n) is 16.4. The molecule has 1 aliphatic heterocycles. The standard InChI is InChI=1S/C23H19FN4O3/c24-20-13-16(6-8-21(20)31-19-5-2-10-25-15-19)7-9-22(29)27-17-3-1-4-18(14-17)28-12-11-26-23(28)30/h1-10,13-15H,11-12H2,(H,26,30)(H,27,29)/b9-7+. The third kappa shape index (κ3) is 5.05. The molecule has 2 aromatic carbocycles. The first kappa shape index (κ1) is 20.1. The number of aromatic nitrogens is 1. The van der Waals surface area contributed by atoms with Crippen molar-refractivity contribution in [1.82, 2.24) is 10.3 Å². The van der Waals surface area contributed by atoms with Gasteiger partial charge in [-0.2, -0.15) is 0 Å². The number of carbonyl (C=O) groups excluding carboxylic acids is 2. The Morgan fingerprint density at radius 2 is 2.10 bits per heavy atom. The van der Waals surface area contributed by atoms with Crippen molar-refractivity contribution in [1.29, 1.82) is 0 Å². The van der Waals surface area contributed by atoms with Gasteiger partial charge in [0.2, 0.25) is 5.91 Å². The summed E-state index contributed by atoms with van der Waals surface area (Å²) in [6, 6.07) is 14.6. The molecule has 0 atom stereocenters. The molecule has 1 saturated heterocycles. The zero-order valence-corrected chi connectivity index (χ0v) is 16.4. The topological polar surface area (TPSA) is 83.6 Å². The van der Waals surface area contributed by atoms with E-state index in [9.17, 15) is 14.0 Å². The lowest BCUT2D eigenvalue weighted by atomic mass is 10.2. The van der Waals surface area contributed by atoms with E-state index in [-0.39, 0.29) is 17.7 Å². The lowest BCUT2D eigenvalue weighted by molar-refractivity contribution is -0.111. The van der Waals surface area contributed by atoms with Crippen molar-refractivity contribution < 1.29 is 18.7 Å². The highest BCUT2D eigenvalue weighted by Crippen LogP contribution is 2.25. The van der Waals surface area contributed by atoms with Crippen LogP contribution in [0.25, 0.3) is 6.08 Å². The van der Waals surface area contributed by atoms with E-state index in [0.717, 1.165) is 0 Å². The molecule has 1 aromatic heterocycles. The monoisotopic (exact) mass is 418 g/mol. The molecular weight excluding hydrogens is 399 g/mol. The fraction of sp³-hybridized carbons (Fsp3) is 0.0870. The van der Waals surface area contributed by atoms with Gasteiger partial charge in [-0.3, -0.25) is 14.7 Å². The second-order valence-corrected chi connectivity index (χ2v) is 6.74. The molecule has 3 amide bonds. The average molecular weight is 418 g/mol. The van der Waals surface area contributed by atoms with Crippen molar-refractivity contribution in [2.24, 2.45) is 0 Å². The van der Waals surface area contributed by atoms with Gasteiger partial charge < -0.3 is 15.4 Å². The number of urea groups is 1. The maximum atomic E-state index is 14.3. The first-order chi connectivity index (χ1) is 15.1. The third-order valence-electron chi connectivity index (χ3n) is 4.53. The number of nitrogens with zero attached hydrogens (tertiary/aromatic N) is 2. The highest BCUT2D eigenvalue weighted by molar-refractivity contribution is 6.02. The molecule has 0 bridgehead atoms. The lowest BCUT2D eigenvalue weighted by Crippen LogP contribution is -2.27. The number of pyridine rings is 1. The van der Waals surface area contributed by atoms with Crippen LogP contribution in [0.2, 0.25) is 0 Å². The molecule has 2 N–H and O–H groups in total. The van der Waals surface area contributed by atoms with Gasteiger partial charge in [0.15, 0.2) is 11.6 Å². The van der Waals surface area contributed by atoms with Gasteiger partial charge in [-0.05, 0) is 54.1 Å². The minimum atomic E-state index is -0.553. The Morgan fingerprint density at radius 1 is 1.19 bits per heavy atom. The van der Waals surface area contributed by atoms with Crippen LogP contribution in [0.15, 0.2) is 73.1 Å². The van der Waals surface area contributed by atoms with E-state index in [4.69, 9.17) is 4.74 Å². The Hall–Kier alpha value is -4.20. The summed E-state index contributed by atoms with van der Waals surface area (Å²) in [5, 5.41) is 5.47. The summed E-state index contributed by atoms with van der Waals surface area (Å²) in [6.45, 7) is 1.16.